The van der Waals surface area contributed by atoms with Gasteiger partial charge in [0.25, 0.3) is 15.0 Å². The van der Waals surface area contributed by atoms with Gasteiger partial charge in [0.2, 0.25) is 0 Å². The summed E-state index contributed by atoms with van der Waals surface area (Å²) in [5.74, 6) is -0.224. The minimum atomic E-state index is -3.88. The molecule has 1 amide bonds. The van der Waals surface area contributed by atoms with Gasteiger partial charge in [-0.25, -0.2) is 8.42 Å². The first-order valence-corrected chi connectivity index (χ1v) is 9.58. The Bertz CT molecular complexity index is 642. The van der Waals surface area contributed by atoms with Gasteiger partial charge in [-0.1, -0.05) is 24.9 Å². The number of amides is 1. The average molecular weight is 350 g/mol. The van der Waals surface area contributed by atoms with Gasteiger partial charge < -0.3 is 4.90 Å². The summed E-state index contributed by atoms with van der Waals surface area (Å²) in [6, 6.07) is 4.20. The molecule has 4 nitrogen and oxygen atoms in total. The van der Waals surface area contributed by atoms with Gasteiger partial charge >= 0.3 is 0 Å². The molecule has 1 saturated carbocycles. The Morgan fingerprint density at radius 2 is 2.05 bits per heavy atom. The molecule has 0 spiro atoms. The molecular formula is C14H17Cl2NO3S. The molecule has 0 atom stereocenters. The second kappa shape index (κ2) is 6.55. The molecule has 0 unspecified atom stereocenters. The van der Waals surface area contributed by atoms with Crippen LogP contribution in [0, 0.1) is 0 Å². The van der Waals surface area contributed by atoms with Gasteiger partial charge in [0.15, 0.2) is 0 Å². The maximum atomic E-state index is 12.6. The van der Waals surface area contributed by atoms with Crippen LogP contribution in [-0.4, -0.2) is 31.8 Å². The Kier molecular flexibility index (Phi) is 5.17. The predicted octanol–water partition coefficient (Wildman–Crippen LogP) is 3.67. The van der Waals surface area contributed by atoms with E-state index >= 15 is 0 Å². The van der Waals surface area contributed by atoms with E-state index in [4.69, 9.17) is 22.3 Å². The lowest BCUT2D eigenvalue weighted by Gasteiger charge is -2.23. The Morgan fingerprint density at radius 3 is 2.57 bits per heavy atom. The molecule has 1 aliphatic carbocycles. The van der Waals surface area contributed by atoms with Crippen LogP contribution < -0.4 is 0 Å². The van der Waals surface area contributed by atoms with E-state index in [1.54, 1.807) is 4.90 Å². The summed E-state index contributed by atoms with van der Waals surface area (Å²) < 4.78 is 22.8. The topological polar surface area (TPSA) is 54.5 Å². The minimum Gasteiger partial charge on any atom is -0.336 e. The van der Waals surface area contributed by atoms with Crippen molar-refractivity contribution in [2.75, 3.05) is 6.54 Å². The van der Waals surface area contributed by atoms with Gasteiger partial charge in [0.05, 0.1) is 15.5 Å². The SMILES string of the molecule is CCCCN(C(=O)c1cc(S(=O)(=O)Cl)ccc1Cl)C1CC1. The molecular weight excluding hydrogens is 333 g/mol. The van der Waals surface area contributed by atoms with Crippen LogP contribution in [0.25, 0.3) is 0 Å². The monoisotopic (exact) mass is 349 g/mol. The van der Waals surface area contributed by atoms with E-state index in [0.29, 0.717) is 6.54 Å². The van der Waals surface area contributed by atoms with Gasteiger partial charge in [-0.15, -0.1) is 0 Å². The van der Waals surface area contributed by atoms with E-state index in [1.165, 1.54) is 18.2 Å². The lowest BCUT2D eigenvalue weighted by Crippen LogP contribution is -2.34. The van der Waals surface area contributed by atoms with Crippen molar-refractivity contribution in [1.82, 2.24) is 4.90 Å². The number of hydrogen-bond donors (Lipinski definition) is 0. The van der Waals surface area contributed by atoms with Crippen molar-refractivity contribution in [3.63, 3.8) is 0 Å². The van der Waals surface area contributed by atoms with Gasteiger partial charge in [0.1, 0.15) is 0 Å². The summed E-state index contributed by atoms with van der Waals surface area (Å²) in [5, 5.41) is 0.242. The highest BCUT2D eigenvalue weighted by molar-refractivity contribution is 8.13. The van der Waals surface area contributed by atoms with Crippen LogP contribution in [0.3, 0.4) is 0 Å². The molecule has 0 radical (unpaired) electrons. The molecule has 0 aliphatic heterocycles. The van der Waals surface area contributed by atoms with Crippen LogP contribution in [-0.2, 0) is 9.05 Å². The van der Waals surface area contributed by atoms with Gasteiger partial charge in [0, 0.05) is 23.3 Å². The zero-order valence-corrected chi connectivity index (χ0v) is 14.0. The number of benzene rings is 1. The van der Waals surface area contributed by atoms with Gasteiger partial charge in [-0.05, 0) is 37.5 Å². The lowest BCUT2D eigenvalue weighted by atomic mass is 10.2. The summed E-state index contributed by atoms with van der Waals surface area (Å²) in [4.78, 5) is 14.3. The Morgan fingerprint density at radius 1 is 1.38 bits per heavy atom. The number of halogens is 2. The third kappa shape index (κ3) is 4.11. The predicted molar refractivity (Wildman–Crippen MR) is 83.5 cm³/mol. The van der Waals surface area contributed by atoms with Crippen molar-refractivity contribution in [1.29, 1.82) is 0 Å². The quantitative estimate of drug-likeness (QED) is 0.736. The number of rotatable bonds is 6. The number of hydrogen-bond acceptors (Lipinski definition) is 3. The summed E-state index contributed by atoms with van der Waals surface area (Å²) in [6.45, 7) is 2.72. The number of carbonyl (C=O) groups excluding carboxylic acids is 1. The smallest absolute Gasteiger partial charge is 0.261 e. The summed E-state index contributed by atoms with van der Waals surface area (Å²) in [6.07, 6.45) is 3.87. The fraction of sp³-hybridized carbons (Fsp3) is 0.500. The maximum absolute atomic E-state index is 12.6. The molecule has 21 heavy (non-hydrogen) atoms. The van der Waals surface area contributed by atoms with Gasteiger partial charge in [-0.2, -0.15) is 0 Å². The number of nitrogens with zero attached hydrogens (tertiary/aromatic N) is 1. The Labute approximate surface area is 134 Å². The van der Waals surface area contributed by atoms with E-state index in [-0.39, 0.29) is 27.4 Å². The lowest BCUT2D eigenvalue weighted by molar-refractivity contribution is 0.0740. The standard InChI is InChI=1S/C14H17Cl2NO3S/c1-2-3-8-17(10-4-5-10)14(18)12-9-11(21(16,19)20)6-7-13(12)15/h6-7,9-10H,2-5,8H2,1H3. The second-order valence-corrected chi connectivity index (χ2v) is 8.14. The second-order valence-electron chi connectivity index (χ2n) is 5.16. The Hall–Kier alpha value is -0.780. The minimum absolute atomic E-state index is 0.108. The van der Waals surface area contributed by atoms with Crippen LogP contribution in [0.5, 0.6) is 0 Å². The highest BCUT2D eigenvalue weighted by Gasteiger charge is 2.33. The highest BCUT2D eigenvalue weighted by atomic mass is 35.7. The maximum Gasteiger partial charge on any atom is 0.261 e. The van der Waals surface area contributed by atoms with Crippen LogP contribution in [0.1, 0.15) is 43.0 Å². The molecule has 0 aromatic heterocycles. The molecule has 0 N–H and O–H groups in total. The zero-order chi connectivity index (χ0) is 15.6. The molecule has 116 valence electrons. The van der Waals surface area contributed by atoms with E-state index in [1.807, 2.05) is 0 Å². The first-order chi connectivity index (χ1) is 9.84. The largest absolute Gasteiger partial charge is 0.336 e. The van der Waals surface area contributed by atoms with Crippen molar-refractivity contribution in [3.05, 3.63) is 28.8 Å². The Balaban J connectivity index is 2.32. The molecule has 0 saturated heterocycles. The third-order valence-corrected chi connectivity index (χ3v) is 5.13. The zero-order valence-electron chi connectivity index (χ0n) is 11.7. The van der Waals surface area contributed by atoms with E-state index in [2.05, 4.69) is 6.92 Å². The summed E-state index contributed by atoms with van der Waals surface area (Å²) in [7, 11) is 1.45. The molecule has 0 bridgehead atoms. The molecule has 1 aromatic rings. The van der Waals surface area contributed by atoms with Crippen molar-refractivity contribution in [3.8, 4) is 0 Å². The van der Waals surface area contributed by atoms with Crippen molar-refractivity contribution >= 4 is 37.2 Å². The van der Waals surface area contributed by atoms with Crippen molar-refractivity contribution in [2.45, 2.75) is 43.5 Å². The fourth-order valence-corrected chi connectivity index (χ4v) is 3.11. The normalized spacial score (nSPS) is 15.0. The first kappa shape index (κ1) is 16.6. The van der Waals surface area contributed by atoms with Crippen LogP contribution >= 0.6 is 22.3 Å². The molecule has 2 rings (SSSR count). The number of unbranched alkanes of at least 4 members (excludes halogenated alkanes) is 1. The molecule has 1 fully saturated rings. The molecule has 0 heterocycles. The first-order valence-electron chi connectivity index (χ1n) is 6.89. The van der Waals surface area contributed by atoms with E-state index in [0.717, 1.165) is 25.7 Å². The molecule has 1 aromatic carbocycles. The van der Waals surface area contributed by atoms with Crippen LogP contribution in [0.4, 0.5) is 0 Å². The summed E-state index contributed by atoms with van der Waals surface area (Å²) in [5.41, 5.74) is 0.196. The van der Waals surface area contributed by atoms with Gasteiger partial charge in [-0.3, -0.25) is 4.79 Å². The van der Waals surface area contributed by atoms with Crippen LogP contribution in [0.15, 0.2) is 23.1 Å². The summed E-state index contributed by atoms with van der Waals surface area (Å²) >= 11 is 6.06. The number of carbonyl (C=O) groups is 1. The van der Waals surface area contributed by atoms with Crippen LogP contribution in [0.2, 0.25) is 5.02 Å². The third-order valence-electron chi connectivity index (χ3n) is 3.45. The fourth-order valence-electron chi connectivity index (χ4n) is 2.14. The average Bonchev–Trinajstić information content (AvgIpc) is 3.22. The van der Waals surface area contributed by atoms with Crippen molar-refractivity contribution < 1.29 is 13.2 Å². The molecule has 7 heteroatoms. The van der Waals surface area contributed by atoms with Crippen molar-refractivity contribution in [2.24, 2.45) is 0 Å². The highest BCUT2D eigenvalue weighted by Crippen LogP contribution is 2.31. The van der Waals surface area contributed by atoms with E-state index in [9.17, 15) is 13.2 Å². The molecule has 1 aliphatic rings. The van der Waals surface area contributed by atoms with E-state index < -0.39 is 9.05 Å².